The van der Waals surface area contributed by atoms with Crippen LogP contribution in [0.5, 0.6) is 0 Å². The van der Waals surface area contributed by atoms with Crippen molar-refractivity contribution in [3.8, 4) is 0 Å². The first kappa shape index (κ1) is 21.0. The number of piperazine rings is 1. The number of nitrogens with zero attached hydrogens (tertiary/aromatic N) is 1. The summed E-state index contributed by atoms with van der Waals surface area (Å²) in [5.74, 6) is -0.276. The molecule has 0 aromatic heterocycles. The number of nitrogens with one attached hydrogen (secondary N) is 2. The fraction of sp³-hybridized carbons (Fsp3) is 0.556. The Morgan fingerprint density at radius 3 is 2.41 bits per heavy atom. The van der Waals surface area contributed by atoms with Gasteiger partial charge >= 0.3 is 12.2 Å². The summed E-state index contributed by atoms with van der Waals surface area (Å²) in [6.07, 6.45) is -4.35. The Morgan fingerprint density at radius 1 is 1.26 bits per heavy atom. The molecule has 1 aromatic rings. The molecule has 150 valence electrons. The summed E-state index contributed by atoms with van der Waals surface area (Å²) in [6.45, 7) is 6.35. The van der Waals surface area contributed by atoms with Crippen molar-refractivity contribution in [2.24, 2.45) is 11.7 Å². The second-order valence-electron chi connectivity index (χ2n) is 7.18. The average Bonchev–Trinajstić information content (AvgIpc) is 2.59. The van der Waals surface area contributed by atoms with Gasteiger partial charge in [0.25, 0.3) is 0 Å². The molecule has 2 rings (SSSR count). The minimum Gasteiger partial charge on any atom is -0.352 e. The first-order chi connectivity index (χ1) is 12.6. The Kier molecular flexibility index (Phi) is 6.69. The van der Waals surface area contributed by atoms with Crippen LogP contribution in [0.1, 0.15) is 25.0 Å². The van der Waals surface area contributed by atoms with E-state index in [4.69, 9.17) is 5.73 Å². The molecule has 1 fully saturated rings. The molecule has 0 spiro atoms. The molecule has 0 saturated carbocycles. The molecule has 27 heavy (non-hydrogen) atoms. The number of carbonyl (C=O) groups excluding carboxylic acids is 2. The molecule has 1 heterocycles. The van der Waals surface area contributed by atoms with Crippen LogP contribution in [-0.4, -0.2) is 49.1 Å². The van der Waals surface area contributed by atoms with Crippen LogP contribution in [0.4, 0.5) is 18.0 Å². The monoisotopic (exact) mass is 387 g/mol. The number of alkyl halides is 3. The number of benzene rings is 1. The quantitative estimate of drug-likeness (QED) is 0.693. The van der Waals surface area contributed by atoms with E-state index in [-0.39, 0.29) is 11.8 Å². The lowest BCUT2D eigenvalue weighted by atomic mass is 10.0. The number of rotatable bonds is 5. The van der Waals surface area contributed by atoms with Crippen LogP contribution < -0.4 is 16.0 Å². The smallest absolute Gasteiger partial charge is 0.352 e. The SMILES string of the molecule is CC(C)[C@H](NC(N)=O)C(=O)N1CC[NH+](Cc2cccc(C(F)(F)F)c2)CC1. The van der Waals surface area contributed by atoms with E-state index in [1.165, 1.54) is 12.1 Å². The zero-order valence-corrected chi connectivity index (χ0v) is 15.5. The van der Waals surface area contributed by atoms with Gasteiger partial charge in [-0.25, -0.2) is 4.79 Å². The van der Waals surface area contributed by atoms with Gasteiger partial charge in [-0.15, -0.1) is 0 Å². The number of halogens is 3. The van der Waals surface area contributed by atoms with Crippen molar-refractivity contribution >= 4 is 11.9 Å². The Hall–Kier alpha value is -2.29. The highest BCUT2D eigenvalue weighted by Crippen LogP contribution is 2.29. The molecule has 1 aliphatic rings. The van der Waals surface area contributed by atoms with Crippen LogP contribution in [-0.2, 0) is 17.5 Å². The third-order valence-corrected chi connectivity index (χ3v) is 4.72. The highest BCUT2D eigenvalue weighted by atomic mass is 19.4. The highest BCUT2D eigenvalue weighted by Gasteiger charge is 2.33. The number of carbonyl (C=O) groups is 2. The lowest BCUT2D eigenvalue weighted by Crippen LogP contribution is -3.13. The fourth-order valence-corrected chi connectivity index (χ4v) is 3.23. The average molecular weight is 387 g/mol. The molecule has 0 radical (unpaired) electrons. The molecule has 1 saturated heterocycles. The Balaban J connectivity index is 1.93. The molecule has 0 bridgehead atoms. The predicted molar refractivity (Wildman–Crippen MR) is 93.8 cm³/mol. The van der Waals surface area contributed by atoms with Crippen LogP contribution >= 0.6 is 0 Å². The van der Waals surface area contributed by atoms with Gasteiger partial charge in [-0.05, 0) is 18.1 Å². The second-order valence-corrected chi connectivity index (χ2v) is 7.18. The van der Waals surface area contributed by atoms with Crippen LogP contribution in [0.25, 0.3) is 0 Å². The number of quaternary nitrogens is 1. The number of nitrogens with two attached hydrogens (primary N) is 1. The first-order valence-corrected chi connectivity index (χ1v) is 8.92. The Morgan fingerprint density at radius 2 is 1.89 bits per heavy atom. The first-order valence-electron chi connectivity index (χ1n) is 8.92. The molecule has 4 N–H and O–H groups in total. The van der Waals surface area contributed by atoms with Gasteiger partial charge in [-0.2, -0.15) is 13.2 Å². The maximum Gasteiger partial charge on any atom is 0.416 e. The summed E-state index contributed by atoms with van der Waals surface area (Å²) in [4.78, 5) is 26.5. The summed E-state index contributed by atoms with van der Waals surface area (Å²) < 4.78 is 38.5. The van der Waals surface area contributed by atoms with Gasteiger partial charge in [0.15, 0.2) is 0 Å². The van der Waals surface area contributed by atoms with Crippen molar-refractivity contribution in [3.63, 3.8) is 0 Å². The zero-order chi connectivity index (χ0) is 20.2. The minimum absolute atomic E-state index is 0.0968. The number of hydrogen-bond donors (Lipinski definition) is 3. The summed E-state index contributed by atoms with van der Waals surface area (Å²) in [7, 11) is 0. The lowest BCUT2D eigenvalue weighted by Gasteiger charge is -2.35. The van der Waals surface area contributed by atoms with Crippen LogP contribution in [0, 0.1) is 5.92 Å². The standard InChI is InChI=1S/C18H25F3N4O2/c1-12(2)15(23-17(22)27)16(26)25-8-6-24(7-9-25)11-13-4-3-5-14(10-13)18(19,20)21/h3-5,10,12,15H,6-9,11H2,1-2H3,(H3,22,23,27)/p+1/t15-/m0/s1. The van der Waals surface area contributed by atoms with E-state index >= 15 is 0 Å². The Labute approximate surface area is 156 Å². The van der Waals surface area contributed by atoms with Crippen molar-refractivity contribution < 1.29 is 27.7 Å². The van der Waals surface area contributed by atoms with Gasteiger partial charge in [0.2, 0.25) is 5.91 Å². The zero-order valence-electron chi connectivity index (χ0n) is 15.5. The number of amides is 3. The molecule has 1 aliphatic heterocycles. The van der Waals surface area contributed by atoms with Gasteiger partial charge in [0.1, 0.15) is 12.6 Å². The van der Waals surface area contributed by atoms with Crippen molar-refractivity contribution in [2.45, 2.75) is 32.6 Å². The van der Waals surface area contributed by atoms with E-state index in [0.717, 1.165) is 11.0 Å². The van der Waals surface area contributed by atoms with Crippen LogP contribution in [0.15, 0.2) is 24.3 Å². The number of hydrogen-bond acceptors (Lipinski definition) is 2. The van der Waals surface area contributed by atoms with Gasteiger partial charge in [0.05, 0.1) is 31.7 Å². The van der Waals surface area contributed by atoms with Crippen molar-refractivity contribution in [1.29, 1.82) is 0 Å². The highest BCUT2D eigenvalue weighted by molar-refractivity contribution is 5.86. The second kappa shape index (κ2) is 8.60. The summed E-state index contributed by atoms with van der Waals surface area (Å²) in [6, 6.07) is 3.93. The molecule has 1 atom stereocenters. The van der Waals surface area contributed by atoms with Crippen LogP contribution in [0.3, 0.4) is 0 Å². The van der Waals surface area contributed by atoms with E-state index < -0.39 is 23.8 Å². The molecule has 0 unspecified atom stereocenters. The molecule has 3 amide bonds. The minimum atomic E-state index is -4.35. The Bertz CT molecular complexity index is 671. The summed E-state index contributed by atoms with van der Waals surface area (Å²) in [5, 5.41) is 2.48. The van der Waals surface area contributed by atoms with E-state index in [0.29, 0.717) is 38.3 Å². The van der Waals surface area contributed by atoms with Crippen molar-refractivity contribution in [1.82, 2.24) is 10.2 Å². The van der Waals surface area contributed by atoms with Crippen molar-refractivity contribution in [3.05, 3.63) is 35.4 Å². The van der Waals surface area contributed by atoms with Gasteiger partial charge < -0.3 is 20.9 Å². The molecule has 1 aromatic carbocycles. The fourth-order valence-electron chi connectivity index (χ4n) is 3.23. The normalized spacial score (nSPS) is 17.0. The molecule has 6 nitrogen and oxygen atoms in total. The third-order valence-electron chi connectivity index (χ3n) is 4.72. The number of primary amides is 1. The van der Waals surface area contributed by atoms with Gasteiger partial charge in [-0.1, -0.05) is 26.0 Å². The molecular formula is C18H26F3N4O2+. The summed E-state index contributed by atoms with van der Waals surface area (Å²) >= 11 is 0. The van der Waals surface area contributed by atoms with E-state index in [2.05, 4.69) is 5.32 Å². The maximum atomic E-state index is 12.8. The molecule has 0 aliphatic carbocycles. The summed E-state index contributed by atoms with van der Waals surface area (Å²) in [5.41, 5.74) is 5.12. The predicted octanol–water partition coefficient (Wildman–Crippen LogP) is 0.625. The molecular weight excluding hydrogens is 361 g/mol. The van der Waals surface area contributed by atoms with Crippen LogP contribution in [0.2, 0.25) is 0 Å². The van der Waals surface area contributed by atoms with Gasteiger partial charge in [0, 0.05) is 5.56 Å². The van der Waals surface area contributed by atoms with E-state index in [1.54, 1.807) is 11.0 Å². The van der Waals surface area contributed by atoms with Gasteiger partial charge in [-0.3, -0.25) is 4.79 Å². The number of urea groups is 1. The molecule has 9 heteroatoms. The lowest BCUT2D eigenvalue weighted by molar-refractivity contribution is -0.917. The van der Waals surface area contributed by atoms with Crippen molar-refractivity contribution in [2.75, 3.05) is 26.2 Å². The topological polar surface area (TPSA) is 79.9 Å². The van der Waals surface area contributed by atoms with E-state index in [9.17, 15) is 22.8 Å². The third kappa shape index (κ3) is 5.85. The van der Waals surface area contributed by atoms with E-state index in [1.807, 2.05) is 13.8 Å². The maximum absolute atomic E-state index is 12.8. The largest absolute Gasteiger partial charge is 0.416 e.